The Kier molecular flexibility index (Phi) is 10.1. The van der Waals surface area contributed by atoms with Crippen LogP contribution in [-0.2, 0) is 0 Å². The molecule has 0 aromatic heterocycles. The van der Waals surface area contributed by atoms with E-state index in [0.717, 1.165) is 59.6 Å². The van der Waals surface area contributed by atoms with Crippen LogP contribution >= 0.6 is 0 Å². The number of nitrogens with zero attached hydrogens (tertiary/aromatic N) is 3. The van der Waals surface area contributed by atoms with E-state index >= 15 is 0 Å². The first-order valence-electron chi connectivity index (χ1n) is 20.0. The molecule has 0 bridgehead atoms. The van der Waals surface area contributed by atoms with Crippen LogP contribution in [0.15, 0.2) is 203 Å². The molecule has 7 aromatic carbocycles. The van der Waals surface area contributed by atoms with Crippen molar-refractivity contribution in [2.45, 2.75) is 44.7 Å². The first-order chi connectivity index (χ1) is 27.7. The molecule has 2 aliphatic rings. The summed E-state index contributed by atoms with van der Waals surface area (Å²) in [5.41, 5.74) is 13.0. The fraction of sp³-hybridized carbons (Fsp3) is 0.151. The smallest absolute Gasteiger partial charge is 0.155 e. The molecular formula is C53H45N3. The van der Waals surface area contributed by atoms with Crippen LogP contribution in [0, 0.1) is 5.92 Å². The van der Waals surface area contributed by atoms with Crippen LogP contribution in [0.1, 0.15) is 78.1 Å². The molecule has 0 N–H and O–H groups in total. The number of hydrogen-bond donors (Lipinski definition) is 0. The van der Waals surface area contributed by atoms with E-state index in [0.29, 0.717) is 0 Å². The summed E-state index contributed by atoms with van der Waals surface area (Å²) in [5.74, 6) is 0.983. The number of rotatable bonds is 8. The Morgan fingerprint density at radius 2 is 1.05 bits per heavy atom. The van der Waals surface area contributed by atoms with Gasteiger partial charge in [0.05, 0.1) is 23.5 Å². The van der Waals surface area contributed by atoms with E-state index in [9.17, 15) is 0 Å². The molecule has 0 spiro atoms. The highest BCUT2D eigenvalue weighted by Gasteiger charge is 2.31. The van der Waals surface area contributed by atoms with Crippen LogP contribution in [0.3, 0.4) is 0 Å². The summed E-state index contributed by atoms with van der Waals surface area (Å²) >= 11 is 0. The zero-order valence-electron chi connectivity index (χ0n) is 31.8. The monoisotopic (exact) mass is 723 g/mol. The third kappa shape index (κ3) is 7.21. The van der Waals surface area contributed by atoms with E-state index in [1.807, 2.05) is 0 Å². The second-order valence-electron chi connectivity index (χ2n) is 14.8. The summed E-state index contributed by atoms with van der Waals surface area (Å²) in [5, 5.41) is 2.51. The topological polar surface area (TPSA) is 37.1 Å². The van der Waals surface area contributed by atoms with Gasteiger partial charge in [0, 0.05) is 11.5 Å². The second kappa shape index (κ2) is 16.1. The Hall–Kier alpha value is -6.45. The van der Waals surface area contributed by atoms with Crippen molar-refractivity contribution >= 4 is 33.6 Å². The van der Waals surface area contributed by atoms with Gasteiger partial charge in [-0.3, -0.25) is 9.98 Å². The van der Waals surface area contributed by atoms with Crippen molar-refractivity contribution in [1.82, 2.24) is 0 Å². The van der Waals surface area contributed by atoms with Crippen molar-refractivity contribution in [2.75, 3.05) is 0 Å². The quantitative estimate of drug-likeness (QED) is 0.150. The van der Waals surface area contributed by atoms with Crippen molar-refractivity contribution in [3.8, 4) is 11.1 Å². The van der Waals surface area contributed by atoms with Crippen molar-refractivity contribution in [3.05, 3.63) is 221 Å². The summed E-state index contributed by atoms with van der Waals surface area (Å²) in [4.78, 5) is 16.0. The van der Waals surface area contributed by atoms with Gasteiger partial charge in [0.15, 0.2) is 5.84 Å². The molecule has 0 radical (unpaired) electrons. The molecule has 0 saturated carbocycles. The third-order valence-electron chi connectivity index (χ3n) is 11.4. The highest BCUT2D eigenvalue weighted by molar-refractivity contribution is 6.16. The minimum Gasteiger partial charge on any atom is -0.277 e. The molecule has 3 heteroatoms. The number of allylic oxidation sites excluding steroid dienone is 2. The molecule has 0 fully saturated rings. The third-order valence-corrected chi connectivity index (χ3v) is 11.4. The molecule has 56 heavy (non-hydrogen) atoms. The first kappa shape index (κ1) is 35.3. The predicted octanol–water partition coefficient (Wildman–Crippen LogP) is 13.3. The fourth-order valence-corrected chi connectivity index (χ4v) is 8.52. The average molecular weight is 724 g/mol. The lowest BCUT2D eigenvalue weighted by Crippen LogP contribution is -2.28. The minimum absolute atomic E-state index is 0.000615. The molecule has 2 heterocycles. The van der Waals surface area contributed by atoms with Gasteiger partial charge < -0.3 is 0 Å². The van der Waals surface area contributed by atoms with Gasteiger partial charge in [0.25, 0.3) is 0 Å². The minimum atomic E-state index is -0.000615. The lowest BCUT2D eigenvalue weighted by Gasteiger charge is -2.30. The lowest BCUT2D eigenvalue weighted by atomic mass is 9.83. The Morgan fingerprint density at radius 1 is 0.500 bits per heavy atom. The molecule has 3 atom stereocenters. The molecule has 7 aromatic rings. The van der Waals surface area contributed by atoms with Crippen LogP contribution in [-0.4, -0.2) is 17.3 Å². The van der Waals surface area contributed by atoms with E-state index in [4.69, 9.17) is 15.0 Å². The highest BCUT2D eigenvalue weighted by Crippen LogP contribution is 2.39. The van der Waals surface area contributed by atoms with Gasteiger partial charge in [-0.15, -0.1) is 0 Å². The van der Waals surface area contributed by atoms with E-state index in [2.05, 4.69) is 195 Å². The highest BCUT2D eigenvalue weighted by atomic mass is 15.0. The Balaban J connectivity index is 1.09. The molecule has 2 aliphatic heterocycles. The summed E-state index contributed by atoms with van der Waals surface area (Å²) in [6.45, 7) is 2.24. The molecule has 3 nitrogen and oxygen atoms in total. The van der Waals surface area contributed by atoms with Gasteiger partial charge >= 0.3 is 0 Å². The predicted molar refractivity (Wildman–Crippen MR) is 236 cm³/mol. The summed E-state index contributed by atoms with van der Waals surface area (Å²) in [7, 11) is 0. The zero-order chi connectivity index (χ0) is 37.7. The average Bonchev–Trinajstić information content (AvgIpc) is 3.27. The largest absolute Gasteiger partial charge is 0.277 e. The fourth-order valence-electron chi connectivity index (χ4n) is 8.52. The second-order valence-corrected chi connectivity index (χ2v) is 14.8. The zero-order valence-corrected chi connectivity index (χ0v) is 31.8. The van der Waals surface area contributed by atoms with Crippen molar-refractivity contribution in [3.63, 3.8) is 0 Å². The van der Waals surface area contributed by atoms with Crippen LogP contribution in [0.25, 0.3) is 27.5 Å². The number of benzene rings is 7. The van der Waals surface area contributed by atoms with Gasteiger partial charge in [0.1, 0.15) is 0 Å². The van der Waals surface area contributed by atoms with Crippen LogP contribution in [0.4, 0.5) is 0 Å². The van der Waals surface area contributed by atoms with Crippen LogP contribution in [0.5, 0.6) is 0 Å². The molecule has 0 amide bonds. The molecule has 272 valence electrons. The summed E-state index contributed by atoms with van der Waals surface area (Å²) in [6.07, 6.45) is 6.37. The maximum Gasteiger partial charge on any atom is 0.155 e. The van der Waals surface area contributed by atoms with E-state index < -0.39 is 0 Å². The molecular weight excluding hydrogens is 679 g/mol. The van der Waals surface area contributed by atoms with Gasteiger partial charge in [-0.05, 0) is 87.0 Å². The van der Waals surface area contributed by atoms with Crippen molar-refractivity contribution in [1.29, 1.82) is 0 Å². The molecule has 0 saturated heterocycles. The Bertz CT molecular complexity index is 2570. The number of amidine groups is 1. The number of hydrogen-bond acceptors (Lipinski definition) is 3. The Morgan fingerprint density at radius 3 is 1.71 bits per heavy atom. The maximum atomic E-state index is 5.42. The van der Waals surface area contributed by atoms with Gasteiger partial charge in [-0.2, -0.15) is 0 Å². The summed E-state index contributed by atoms with van der Waals surface area (Å²) in [6, 6.07) is 65.2. The standard InChI is InChI=1S/C53H45N3/c1-2-44-51(40-22-11-5-12-23-40)55-53(56-52(44)41-24-13-6-14-25-41)42-32-30-37(31-33-42)45-34-35-46(48-28-16-15-27-47(45)48)43-26-17-29-49(38-18-7-3-8-19-38)54-50(36-43)39-20-9-4-10-21-39/h3-16,18-25,27-28,30-36,44,49,51H,2,17,26,29H2,1H3/b43-36+,54-50+. The van der Waals surface area contributed by atoms with Gasteiger partial charge in [-0.1, -0.05) is 189 Å². The summed E-state index contributed by atoms with van der Waals surface area (Å²) < 4.78 is 0. The normalized spacial score (nSPS) is 20.4. The van der Waals surface area contributed by atoms with Crippen molar-refractivity contribution < 1.29 is 0 Å². The number of fused-ring (bicyclic) bond motifs is 1. The Labute approximate surface area is 330 Å². The van der Waals surface area contributed by atoms with Gasteiger partial charge in [-0.25, -0.2) is 4.99 Å². The molecule has 9 rings (SSSR count). The SMILES string of the molecule is CCC1C(c2ccccc2)=NC(c2ccc(-c3ccc(/C4=C/C(c5ccccc5)=N\C(c5ccccc5)CCC4)c4ccccc34)cc2)=NC1c1ccccc1. The molecule has 0 aliphatic carbocycles. The van der Waals surface area contributed by atoms with Gasteiger partial charge in [0.2, 0.25) is 0 Å². The van der Waals surface area contributed by atoms with E-state index in [1.54, 1.807) is 0 Å². The van der Waals surface area contributed by atoms with Crippen LogP contribution in [0.2, 0.25) is 0 Å². The lowest BCUT2D eigenvalue weighted by molar-refractivity contribution is 0.532. The molecule has 3 unspecified atom stereocenters. The first-order valence-corrected chi connectivity index (χ1v) is 20.0. The number of aliphatic imine (C=N–C) groups is 3. The van der Waals surface area contributed by atoms with Crippen molar-refractivity contribution in [2.24, 2.45) is 20.9 Å². The maximum absolute atomic E-state index is 5.42. The van der Waals surface area contributed by atoms with E-state index in [1.165, 1.54) is 44.2 Å². The van der Waals surface area contributed by atoms with E-state index in [-0.39, 0.29) is 18.0 Å². The van der Waals surface area contributed by atoms with Crippen LogP contribution < -0.4 is 0 Å².